The van der Waals surface area contributed by atoms with Crippen molar-refractivity contribution in [1.29, 1.82) is 0 Å². The zero-order chi connectivity index (χ0) is 20.4. The maximum atomic E-state index is 12.8. The van der Waals surface area contributed by atoms with Crippen LogP contribution in [0.2, 0.25) is 0 Å². The fraction of sp³-hybridized carbons (Fsp3) is 0.238. The minimum absolute atomic E-state index is 0.146. The molecule has 0 saturated heterocycles. The van der Waals surface area contributed by atoms with Gasteiger partial charge in [0, 0.05) is 13.0 Å². The topological polar surface area (TPSA) is 80.3 Å². The highest BCUT2D eigenvalue weighted by molar-refractivity contribution is 6.15. The summed E-state index contributed by atoms with van der Waals surface area (Å²) in [4.78, 5) is 24.0. The third-order valence-electron chi connectivity index (χ3n) is 4.19. The Morgan fingerprint density at radius 1 is 1.00 bits per heavy atom. The molecular formula is C21H20O7. The van der Waals surface area contributed by atoms with E-state index in [1.54, 1.807) is 31.2 Å². The molecule has 1 heterocycles. The number of rotatable bonds is 5. The molecule has 0 bridgehead atoms. The van der Waals surface area contributed by atoms with E-state index in [0.717, 1.165) is 0 Å². The fourth-order valence-corrected chi connectivity index (χ4v) is 3.04. The summed E-state index contributed by atoms with van der Waals surface area (Å²) in [6, 6.07) is 6.58. The van der Waals surface area contributed by atoms with Gasteiger partial charge < -0.3 is 23.7 Å². The second-order valence-electron chi connectivity index (χ2n) is 6.11. The number of benzene rings is 2. The molecule has 0 aromatic heterocycles. The number of methoxy groups -OCH3 is 3. The van der Waals surface area contributed by atoms with Gasteiger partial charge in [-0.05, 0) is 42.3 Å². The van der Waals surface area contributed by atoms with Crippen LogP contribution in [0, 0.1) is 6.92 Å². The number of ketones is 1. The molecule has 7 heteroatoms. The van der Waals surface area contributed by atoms with Crippen LogP contribution >= 0.6 is 0 Å². The predicted octanol–water partition coefficient (Wildman–Crippen LogP) is 3.56. The quantitative estimate of drug-likeness (QED) is 0.443. The molecule has 0 atom stereocenters. The molecule has 0 spiro atoms. The largest absolute Gasteiger partial charge is 0.493 e. The monoisotopic (exact) mass is 384 g/mol. The van der Waals surface area contributed by atoms with Gasteiger partial charge in [0.25, 0.3) is 0 Å². The molecular weight excluding hydrogens is 364 g/mol. The second-order valence-corrected chi connectivity index (χ2v) is 6.11. The molecule has 0 aliphatic carbocycles. The second kappa shape index (κ2) is 7.64. The number of esters is 1. The average molecular weight is 384 g/mol. The number of carbonyl (C=O) groups is 2. The predicted molar refractivity (Wildman–Crippen MR) is 102 cm³/mol. The number of aryl methyl sites for hydroxylation is 1. The lowest BCUT2D eigenvalue weighted by molar-refractivity contribution is -0.131. The Hall–Kier alpha value is -3.48. The minimum Gasteiger partial charge on any atom is -0.493 e. The molecule has 0 radical (unpaired) electrons. The lowest BCUT2D eigenvalue weighted by Crippen LogP contribution is -2.02. The van der Waals surface area contributed by atoms with Crippen molar-refractivity contribution in [3.63, 3.8) is 0 Å². The van der Waals surface area contributed by atoms with E-state index in [-0.39, 0.29) is 11.5 Å². The van der Waals surface area contributed by atoms with Gasteiger partial charge >= 0.3 is 5.97 Å². The number of carbonyl (C=O) groups excluding carboxylic acids is 2. The van der Waals surface area contributed by atoms with Gasteiger partial charge in [-0.2, -0.15) is 0 Å². The van der Waals surface area contributed by atoms with Gasteiger partial charge in [0.05, 0.1) is 26.9 Å². The lowest BCUT2D eigenvalue weighted by atomic mass is 10.0. The zero-order valence-electron chi connectivity index (χ0n) is 16.2. The molecule has 2 aromatic carbocycles. The van der Waals surface area contributed by atoms with Crippen LogP contribution in [-0.4, -0.2) is 33.1 Å². The summed E-state index contributed by atoms with van der Waals surface area (Å²) in [6.07, 6.45) is 1.59. The summed E-state index contributed by atoms with van der Waals surface area (Å²) in [5.74, 6) is 1.50. The minimum atomic E-state index is -0.447. The highest BCUT2D eigenvalue weighted by Gasteiger charge is 2.30. The van der Waals surface area contributed by atoms with Crippen LogP contribution in [0.4, 0.5) is 0 Å². The summed E-state index contributed by atoms with van der Waals surface area (Å²) in [7, 11) is 4.55. The Balaban J connectivity index is 2.01. The van der Waals surface area contributed by atoms with Crippen LogP contribution in [0.25, 0.3) is 6.08 Å². The van der Waals surface area contributed by atoms with Crippen molar-refractivity contribution in [2.45, 2.75) is 13.8 Å². The lowest BCUT2D eigenvalue weighted by Gasteiger charge is -2.13. The van der Waals surface area contributed by atoms with Crippen molar-refractivity contribution in [2.24, 2.45) is 0 Å². The van der Waals surface area contributed by atoms with Crippen LogP contribution in [0.1, 0.15) is 28.4 Å². The summed E-state index contributed by atoms with van der Waals surface area (Å²) in [5, 5.41) is 0. The highest BCUT2D eigenvalue weighted by atomic mass is 16.5. The maximum Gasteiger partial charge on any atom is 0.308 e. The molecule has 146 valence electrons. The third kappa shape index (κ3) is 3.51. The SMILES string of the molecule is COc1cc(C=C2Oc3cc(OC(C)=O)cc(C)c3C2=O)cc(OC)c1OC. The van der Waals surface area contributed by atoms with Crippen molar-refractivity contribution in [2.75, 3.05) is 21.3 Å². The Morgan fingerprint density at radius 3 is 2.18 bits per heavy atom. The normalized spacial score (nSPS) is 13.8. The first-order chi connectivity index (χ1) is 13.4. The standard InChI is InChI=1S/C21H20O7/c1-11-6-14(27-12(2)22)10-15-19(11)20(23)16(28-15)7-13-8-17(24-3)21(26-5)18(9-13)25-4/h6-10H,1-5H3. The zero-order valence-corrected chi connectivity index (χ0v) is 16.2. The Kier molecular flexibility index (Phi) is 5.26. The van der Waals surface area contributed by atoms with Gasteiger partial charge in [-0.25, -0.2) is 0 Å². The van der Waals surface area contributed by atoms with Crippen molar-refractivity contribution in [3.05, 3.63) is 46.7 Å². The number of hydrogen-bond acceptors (Lipinski definition) is 7. The van der Waals surface area contributed by atoms with E-state index in [1.807, 2.05) is 0 Å². The number of allylic oxidation sites excluding steroid dienone is 1. The first-order valence-electron chi connectivity index (χ1n) is 8.45. The van der Waals surface area contributed by atoms with E-state index in [9.17, 15) is 9.59 Å². The van der Waals surface area contributed by atoms with Gasteiger partial charge in [-0.3, -0.25) is 9.59 Å². The van der Waals surface area contributed by atoms with Crippen LogP contribution in [0.15, 0.2) is 30.0 Å². The first kappa shape index (κ1) is 19.3. The van der Waals surface area contributed by atoms with Crippen molar-refractivity contribution in [1.82, 2.24) is 0 Å². The van der Waals surface area contributed by atoms with Crippen LogP contribution < -0.4 is 23.7 Å². The maximum absolute atomic E-state index is 12.8. The first-order valence-corrected chi connectivity index (χ1v) is 8.45. The molecule has 1 aliphatic rings. The van der Waals surface area contributed by atoms with Crippen molar-refractivity contribution in [3.8, 4) is 28.7 Å². The van der Waals surface area contributed by atoms with Gasteiger partial charge in [-0.15, -0.1) is 0 Å². The number of ether oxygens (including phenoxy) is 5. The number of hydrogen-bond donors (Lipinski definition) is 0. The Bertz CT molecular complexity index is 963. The van der Waals surface area contributed by atoms with E-state index < -0.39 is 5.97 Å². The molecule has 28 heavy (non-hydrogen) atoms. The molecule has 7 nitrogen and oxygen atoms in total. The Morgan fingerprint density at radius 2 is 1.64 bits per heavy atom. The summed E-state index contributed by atoms with van der Waals surface area (Å²) >= 11 is 0. The average Bonchev–Trinajstić information content (AvgIpc) is 2.95. The summed E-state index contributed by atoms with van der Waals surface area (Å²) in [5.41, 5.74) is 1.74. The van der Waals surface area contributed by atoms with Crippen molar-refractivity contribution >= 4 is 17.8 Å². The van der Waals surface area contributed by atoms with Gasteiger partial charge in [0.15, 0.2) is 17.3 Å². The molecule has 0 N–H and O–H groups in total. The molecule has 1 aliphatic heterocycles. The van der Waals surface area contributed by atoms with Gasteiger partial charge in [0.1, 0.15) is 11.5 Å². The smallest absolute Gasteiger partial charge is 0.308 e. The van der Waals surface area contributed by atoms with Crippen LogP contribution in [0.3, 0.4) is 0 Å². The van der Waals surface area contributed by atoms with Gasteiger partial charge in [0.2, 0.25) is 11.5 Å². The molecule has 2 aromatic rings. The molecule has 0 saturated carbocycles. The number of fused-ring (bicyclic) bond motifs is 1. The highest BCUT2D eigenvalue weighted by Crippen LogP contribution is 2.41. The van der Waals surface area contributed by atoms with Crippen LogP contribution in [-0.2, 0) is 4.79 Å². The molecule has 0 amide bonds. The van der Waals surface area contributed by atoms with E-state index >= 15 is 0 Å². The fourth-order valence-electron chi connectivity index (χ4n) is 3.04. The van der Waals surface area contributed by atoms with Gasteiger partial charge in [-0.1, -0.05) is 0 Å². The Labute approximate surface area is 162 Å². The van der Waals surface area contributed by atoms with E-state index in [4.69, 9.17) is 23.7 Å². The number of Topliss-reactive ketones (excluding diaryl/α,β-unsaturated/α-hetero) is 1. The van der Waals surface area contributed by atoms with E-state index in [2.05, 4.69) is 0 Å². The molecule has 0 unspecified atom stereocenters. The van der Waals surface area contributed by atoms with Crippen molar-refractivity contribution < 1.29 is 33.3 Å². The third-order valence-corrected chi connectivity index (χ3v) is 4.19. The van der Waals surface area contributed by atoms with E-state index in [1.165, 1.54) is 34.3 Å². The van der Waals surface area contributed by atoms with Crippen LogP contribution in [0.5, 0.6) is 28.7 Å². The molecule has 0 fully saturated rings. The summed E-state index contributed by atoms with van der Waals surface area (Å²) in [6.45, 7) is 3.07. The molecule has 3 rings (SSSR count). The summed E-state index contributed by atoms with van der Waals surface area (Å²) < 4.78 is 26.8. The van der Waals surface area contributed by atoms with E-state index in [0.29, 0.717) is 45.4 Å².